The topological polar surface area (TPSA) is 56.8 Å². The van der Waals surface area contributed by atoms with Crippen LogP contribution in [0.1, 0.15) is 49.3 Å². The first kappa shape index (κ1) is 23.5. The Morgan fingerprint density at radius 2 is 1.77 bits per heavy atom. The summed E-state index contributed by atoms with van der Waals surface area (Å²) in [5.41, 5.74) is 3.20. The number of benzene rings is 2. The molecule has 0 radical (unpaired) electrons. The van der Waals surface area contributed by atoms with E-state index in [1.54, 1.807) is 0 Å². The molecular weight excluding hydrogens is 378 g/mol. The van der Waals surface area contributed by atoms with Gasteiger partial charge in [0.2, 0.25) is 0 Å². The van der Waals surface area contributed by atoms with Crippen LogP contribution in [0.3, 0.4) is 0 Å². The molecule has 1 N–H and O–H groups in total. The highest BCUT2D eigenvalue weighted by atomic mass is 16.5. The molecule has 5 nitrogen and oxygen atoms in total. The zero-order chi connectivity index (χ0) is 21.6. The summed E-state index contributed by atoms with van der Waals surface area (Å²) < 4.78 is 15.9. The van der Waals surface area contributed by atoms with E-state index in [0.717, 1.165) is 30.0 Å². The van der Waals surface area contributed by atoms with Gasteiger partial charge in [-0.25, -0.2) is 4.79 Å². The van der Waals surface area contributed by atoms with Crippen LogP contribution < -0.4 is 10.1 Å². The second-order valence-electron chi connectivity index (χ2n) is 7.09. The van der Waals surface area contributed by atoms with Crippen molar-refractivity contribution in [3.8, 4) is 5.75 Å². The van der Waals surface area contributed by atoms with E-state index < -0.39 is 5.97 Å². The average molecular weight is 412 g/mol. The Hall–Kier alpha value is -2.79. The molecule has 0 aliphatic heterocycles. The molecule has 0 heterocycles. The van der Waals surface area contributed by atoms with Crippen LogP contribution in [-0.2, 0) is 27.4 Å². The quantitative estimate of drug-likeness (QED) is 0.215. The SMILES string of the molecule is CCCCCCNCc1ccc(OCc2ccccc2/C(=C\OC)C(=O)OC)cc1. The van der Waals surface area contributed by atoms with Crippen molar-refractivity contribution in [2.24, 2.45) is 0 Å². The van der Waals surface area contributed by atoms with Crippen molar-refractivity contribution in [3.05, 3.63) is 71.5 Å². The maximum absolute atomic E-state index is 12.1. The van der Waals surface area contributed by atoms with Crippen molar-refractivity contribution >= 4 is 11.5 Å². The van der Waals surface area contributed by atoms with E-state index in [2.05, 4.69) is 24.4 Å². The van der Waals surface area contributed by atoms with Gasteiger partial charge in [0, 0.05) is 6.54 Å². The molecule has 30 heavy (non-hydrogen) atoms. The van der Waals surface area contributed by atoms with Gasteiger partial charge >= 0.3 is 5.97 Å². The van der Waals surface area contributed by atoms with Crippen LogP contribution in [0.15, 0.2) is 54.8 Å². The van der Waals surface area contributed by atoms with Crippen molar-refractivity contribution in [1.29, 1.82) is 0 Å². The van der Waals surface area contributed by atoms with Crippen LogP contribution in [0.25, 0.3) is 5.57 Å². The molecule has 0 unspecified atom stereocenters. The van der Waals surface area contributed by atoms with E-state index in [-0.39, 0.29) is 0 Å². The molecule has 0 fully saturated rings. The Balaban J connectivity index is 1.93. The normalized spacial score (nSPS) is 11.2. The Bertz CT molecular complexity index is 799. The lowest BCUT2D eigenvalue weighted by Gasteiger charge is -2.13. The highest BCUT2D eigenvalue weighted by Gasteiger charge is 2.16. The van der Waals surface area contributed by atoms with Crippen molar-refractivity contribution in [2.45, 2.75) is 45.8 Å². The second kappa shape index (κ2) is 13.4. The van der Waals surface area contributed by atoms with Gasteiger partial charge in [-0.1, -0.05) is 62.6 Å². The van der Waals surface area contributed by atoms with E-state index in [4.69, 9.17) is 14.2 Å². The van der Waals surface area contributed by atoms with Crippen LogP contribution in [-0.4, -0.2) is 26.7 Å². The first-order valence-corrected chi connectivity index (χ1v) is 10.5. The number of rotatable bonds is 13. The number of ether oxygens (including phenoxy) is 3. The lowest BCUT2D eigenvalue weighted by Crippen LogP contribution is -2.14. The van der Waals surface area contributed by atoms with Crippen LogP contribution in [0.2, 0.25) is 0 Å². The third-order valence-corrected chi connectivity index (χ3v) is 4.80. The Labute approximate surface area is 180 Å². The van der Waals surface area contributed by atoms with Gasteiger partial charge in [0.25, 0.3) is 0 Å². The fourth-order valence-electron chi connectivity index (χ4n) is 3.13. The van der Waals surface area contributed by atoms with Crippen LogP contribution >= 0.6 is 0 Å². The highest BCUT2D eigenvalue weighted by molar-refractivity contribution is 6.16. The monoisotopic (exact) mass is 411 g/mol. The molecule has 0 saturated carbocycles. The Kier molecular flexibility index (Phi) is 10.5. The molecule has 162 valence electrons. The lowest BCUT2D eigenvalue weighted by molar-refractivity contribution is -0.133. The smallest absolute Gasteiger partial charge is 0.341 e. The standard InChI is InChI=1S/C25H33NO4/c1-4-5-6-9-16-26-17-20-12-14-22(15-13-20)30-18-21-10-7-8-11-23(21)24(19-28-2)25(27)29-3/h7-8,10-15,19,26H,4-6,9,16-18H2,1-3H3/b24-19+. The molecule has 0 aromatic heterocycles. The van der Waals surface area contributed by atoms with E-state index in [9.17, 15) is 4.79 Å². The number of hydrogen-bond acceptors (Lipinski definition) is 5. The van der Waals surface area contributed by atoms with Gasteiger partial charge in [0.05, 0.1) is 20.5 Å². The summed E-state index contributed by atoms with van der Waals surface area (Å²) in [5.74, 6) is 0.336. The number of unbranched alkanes of at least 4 members (excludes halogenated alkanes) is 3. The summed E-state index contributed by atoms with van der Waals surface area (Å²) in [5, 5.41) is 3.48. The molecular formula is C25H33NO4. The van der Waals surface area contributed by atoms with Crippen molar-refractivity contribution in [2.75, 3.05) is 20.8 Å². The zero-order valence-electron chi connectivity index (χ0n) is 18.3. The largest absolute Gasteiger partial charge is 0.503 e. The molecule has 0 bridgehead atoms. The molecule has 0 spiro atoms. The minimum Gasteiger partial charge on any atom is -0.503 e. The Morgan fingerprint density at radius 3 is 2.47 bits per heavy atom. The van der Waals surface area contributed by atoms with Gasteiger partial charge in [-0.15, -0.1) is 0 Å². The predicted molar refractivity (Wildman–Crippen MR) is 120 cm³/mol. The van der Waals surface area contributed by atoms with Gasteiger partial charge in [0.1, 0.15) is 17.9 Å². The molecule has 0 aliphatic carbocycles. The van der Waals surface area contributed by atoms with Crippen molar-refractivity contribution < 1.29 is 19.0 Å². The number of carbonyl (C=O) groups excluding carboxylic acids is 1. The lowest BCUT2D eigenvalue weighted by atomic mass is 10.0. The molecule has 0 saturated heterocycles. The number of esters is 1. The molecule has 0 amide bonds. The van der Waals surface area contributed by atoms with Crippen molar-refractivity contribution in [1.82, 2.24) is 5.32 Å². The summed E-state index contributed by atoms with van der Waals surface area (Å²) in [4.78, 5) is 12.1. The minimum absolute atomic E-state index is 0.337. The fraction of sp³-hybridized carbons (Fsp3) is 0.400. The molecule has 2 aromatic rings. The third-order valence-electron chi connectivity index (χ3n) is 4.80. The molecule has 5 heteroatoms. The third kappa shape index (κ3) is 7.56. The maximum atomic E-state index is 12.1. The van der Waals surface area contributed by atoms with Crippen molar-refractivity contribution in [3.63, 3.8) is 0 Å². The van der Waals surface area contributed by atoms with E-state index >= 15 is 0 Å². The van der Waals surface area contributed by atoms with Gasteiger partial charge in [-0.3, -0.25) is 0 Å². The molecule has 0 atom stereocenters. The fourth-order valence-corrected chi connectivity index (χ4v) is 3.13. The first-order chi connectivity index (χ1) is 14.7. The highest BCUT2D eigenvalue weighted by Crippen LogP contribution is 2.23. The summed E-state index contributed by atoms with van der Waals surface area (Å²) in [6.45, 7) is 4.47. The maximum Gasteiger partial charge on any atom is 0.341 e. The summed E-state index contributed by atoms with van der Waals surface area (Å²) in [6.07, 6.45) is 6.47. The van der Waals surface area contributed by atoms with E-state index in [0.29, 0.717) is 12.2 Å². The number of methoxy groups -OCH3 is 2. The average Bonchev–Trinajstić information content (AvgIpc) is 2.79. The van der Waals surface area contributed by atoms with E-state index in [1.165, 1.54) is 51.7 Å². The van der Waals surface area contributed by atoms with Gasteiger partial charge in [0.15, 0.2) is 0 Å². The van der Waals surface area contributed by atoms with Gasteiger partial charge < -0.3 is 19.5 Å². The molecule has 0 aliphatic rings. The first-order valence-electron chi connectivity index (χ1n) is 10.5. The Morgan fingerprint density at radius 1 is 1.00 bits per heavy atom. The summed E-state index contributed by atoms with van der Waals surface area (Å²) in [7, 11) is 2.86. The summed E-state index contributed by atoms with van der Waals surface area (Å²) in [6, 6.07) is 15.7. The summed E-state index contributed by atoms with van der Waals surface area (Å²) >= 11 is 0. The van der Waals surface area contributed by atoms with Crippen LogP contribution in [0, 0.1) is 0 Å². The van der Waals surface area contributed by atoms with Gasteiger partial charge in [-0.2, -0.15) is 0 Å². The number of hydrogen-bond donors (Lipinski definition) is 1. The molecule has 2 rings (SSSR count). The number of nitrogens with one attached hydrogen (secondary N) is 1. The van der Waals surface area contributed by atoms with Gasteiger partial charge in [-0.05, 0) is 41.8 Å². The van der Waals surface area contributed by atoms with Crippen LogP contribution in [0.5, 0.6) is 5.75 Å². The zero-order valence-corrected chi connectivity index (χ0v) is 18.3. The minimum atomic E-state index is -0.448. The predicted octanol–water partition coefficient (Wildman–Crippen LogP) is 5.10. The molecule has 2 aromatic carbocycles. The number of carbonyl (C=O) groups is 1. The second-order valence-corrected chi connectivity index (χ2v) is 7.09. The van der Waals surface area contributed by atoms with E-state index in [1.807, 2.05) is 36.4 Å². The van der Waals surface area contributed by atoms with Crippen LogP contribution in [0.4, 0.5) is 0 Å².